The number of carbonyl (C=O) groups excluding carboxylic acids is 1. The van der Waals surface area contributed by atoms with Crippen molar-refractivity contribution in [1.82, 2.24) is 4.90 Å². The second-order valence-corrected chi connectivity index (χ2v) is 5.62. The largest absolute Gasteiger partial charge is 0.481 e. The van der Waals surface area contributed by atoms with Gasteiger partial charge in [0.25, 0.3) is 0 Å². The van der Waals surface area contributed by atoms with Gasteiger partial charge in [0.1, 0.15) is 0 Å². The second-order valence-electron chi connectivity index (χ2n) is 5.62. The van der Waals surface area contributed by atoms with Crippen LogP contribution in [0.3, 0.4) is 0 Å². The number of rotatable bonds is 3. The Bertz CT molecular complexity index is 390. The first kappa shape index (κ1) is 15.7. The van der Waals surface area contributed by atoms with Crippen molar-refractivity contribution in [3.05, 3.63) is 0 Å². The monoisotopic (exact) mass is 282 g/mol. The van der Waals surface area contributed by atoms with Gasteiger partial charge in [-0.25, -0.2) is 0 Å². The zero-order chi connectivity index (χ0) is 15.1. The van der Waals surface area contributed by atoms with Crippen molar-refractivity contribution in [3.8, 4) is 0 Å². The van der Waals surface area contributed by atoms with Crippen LogP contribution in [0.2, 0.25) is 0 Å². The molecule has 1 fully saturated rings. The molecule has 1 saturated heterocycles. The number of likely N-dealkylation sites (tertiary alicyclic amines) is 1. The normalized spacial score (nSPS) is 24.6. The highest BCUT2D eigenvalue weighted by molar-refractivity contribution is 5.81. The molecule has 0 bridgehead atoms. The lowest BCUT2D eigenvalue weighted by Crippen LogP contribution is -2.48. The highest BCUT2D eigenvalue weighted by atomic mass is 19.4. The summed E-state index contributed by atoms with van der Waals surface area (Å²) in [6.07, 6.45) is -5.63. The summed E-state index contributed by atoms with van der Waals surface area (Å²) in [6.45, 7) is 2.09. The van der Waals surface area contributed by atoms with Gasteiger partial charge in [0, 0.05) is 25.0 Å². The third-order valence-corrected chi connectivity index (χ3v) is 3.18. The number of carbonyl (C=O) groups is 2. The van der Waals surface area contributed by atoms with E-state index in [1.165, 1.54) is 0 Å². The smallest absolute Gasteiger partial charge is 0.406 e. The molecule has 0 radical (unpaired) electrons. The summed E-state index contributed by atoms with van der Waals surface area (Å²) in [5.74, 6) is -2.50. The third-order valence-electron chi connectivity index (χ3n) is 3.18. The Balaban J connectivity index is 2.87. The Morgan fingerprint density at radius 1 is 1.37 bits per heavy atom. The van der Waals surface area contributed by atoms with E-state index in [0.29, 0.717) is 0 Å². The minimum Gasteiger partial charge on any atom is -0.481 e. The molecule has 19 heavy (non-hydrogen) atoms. The van der Waals surface area contributed by atoms with Crippen molar-refractivity contribution in [3.63, 3.8) is 0 Å². The summed E-state index contributed by atoms with van der Waals surface area (Å²) in [7, 11) is 0. The third kappa shape index (κ3) is 3.17. The van der Waals surface area contributed by atoms with Crippen molar-refractivity contribution < 1.29 is 27.9 Å². The van der Waals surface area contributed by atoms with Gasteiger partial charge in [-0.2, -0.15) is 13.2 Å². The number of halogens is 3. The number of nitrogens with zero attached hydrogens (tertiary/aromatic N) is 1. The Morgan fingerprint density at radius 3 is 2.21 bits per heavy atom. The van der Waals surface area contributed by atoms with Gasteiger partial charge >= 0.3 is 12.1 Å². The SMILES string of the molecule is CC(C)(N)CC(=O)N1CCC(C(=O)O)(C(F)(F)F)C1. The average molecular weight is 282 g/mol. The zero-order valence-corrected chi connectivity index (χ0v) is 10.8. The van der Waals surface area contributed by atoms with Crippen LogP contribution in [-0.4, -0.2) is 46.7 Å². The van der Waals surface area contributed by atoms with Gasteiger partial charge in [-0.05, 0) is 20.3 Å². The van der Waals surface area contributed by atoms with Gasteiger partial charge in [-0.15, -0.1) is 0 Å². The summed E-state index contributed by atoms with van der Waals surface area (Å²) in [5, 5.41) is 8.85. The van der Waals surface area contributed by atoms with Crippen LogP contribution in [0.25, 0.3) is 0 Å². The zero-order valence-electron chi connectivity index (χ0n) is 10.8. The Morgan fingerprint density at radius 2 is 1.89 bits per heavy atom. The van der Waals surface area contributed by atoms with E-state index in [1.807, 2.05) is 0 Å². The fourth-order valence-corrected chi connectivity index (χ4v) is 2.05. The second kappa shape index (κ2) is 4.66. The number of carboxylic acids is 1. The number of hydrogen-bond acceptors (Lipinski definition) is 3. The van der Waals surface area contributed by atoms with E-state index in [1.54, 1.807) is 13.8 Å². The number of amides is 1. The predicted molar refractivity (Wildman–Crippen MR) is 60.2 cm³/mol. The lowest BCUT2D eigenvalue weighted by molar-refractivity contribution is -0.227. The molecule has 0 saturated carbocycles. The molecule has 0 aromatic carbocycles. The summed E-state index contributed by atoms with van der Waals surface area (Å²) in [4.78, 5) is 23.7. The minimum atomic E-state index is -4.88. The van der Waals surface area contributed by atoms with Crippen LogP contribution in [0.15, 0.2) is 0 Å². The first-order valence-corrected chi connectivity index (χ1v) is 5.76. The van der Waals surface area contributed by atoms with Crippen molar-refractivity contribution in [1.29, 1.82) is 0 Å². The van der Waals surface area contributed by atoms with Crippen LogP contribution >= 0.6 is 0 Å². The van der Waals surface area contributed by atoms with E-state index < -0.39 is 42.0 Å². The van der Waals surface area contributed by atoms with E-state index in [4.69, 9.17) is 10.8 Å². The van der Waals surface area contributed by atoms with Crippen molar-refractivity contribution in [2.75, 3.05) is 13.1 Å². The van der Waals surface area contributed by atoms with Crippen molar-refractivity contribution >= 4 is 11.9 Å². The molecule has 1 amide bonds. The van der Waals surface area contributed by atoms with Crippen LogP contribution in [0.4, 0.5) is 13.2 Å². The van der Waals surface area contributed by atoms with E-state index in [-0.39, 0.29) is 13.0 Å². The van der Waals surface area contributed by atoms with Gasteiger partial charge in [-0.1, -0.05) is 0 Å². The lowest BCUT2D eigenvalue weighted by Gasteiger charge is -2.28. The summed E-state index contributed by atoms with van der Waals surface area (Å²) < 4.78 is 38.7. The maximum Gasteiger partial charge on any atom is 0.406 e. The van der Waals surface area contributed by atoms with Crippen LogP contribution < -0.4 is 5.73 Å². The van der Waals surface area contributed by atoms with Crippen molar-refractivity contribution in [2.45, 2.75) is 38.4 Å². The molecule has 0 spiro atoms. The van der Waals surface area contributed by atoms with E-state index in [0.717, 1.165) is 4.90 Å². The number of alkyl halides is 3. The first-order valence-electron chi connectivity index (χ1n) is 5.76. The van der Waals surface area contributed by atoms with Gasteiger partial charge in [0.05, 0.1) is 0 Å². The molecular formula is C11H17F3N2O3. The highest BCUT2D eigenvalue weighted by Crippen LogP contribution is 2.45. The molecular weight excluding hydrogens is 265 g/mol. The fourth-order valence-electron chi connectivity index (χ4n) is 2.05. The van der Waals surface area contributed by atoms with E-state index in [2.05, 4.69) is 0 Å². The quantitative estimate of drug-likeness (QED) is 0.808. The number of aliphatic carboxylic acids is 1. The Labute approximate surface area is 108 Å². The summed E-state index contributed by atoms with van der Waals surface area (Å²) >= 11 is 0. The molecule has 0 aliphatic carbocycles. The van der Waals surface area contributed by atoms with E-state index in [9.17, 15) is 22.8 Å². The minimum absolute atomic E-state index is 0.124. The van der Waals surface area contributed by atoms with Crippen molar-refractivity contribution in [2.24, 2.45) is 11.1 Å². The van der Waals surface area contributed by atoms with Gasteiger partial charge < -0.3 is 15.7 Å². The highest BCUT2D eigenvalue weighted by Gasteiger charge is 2.64. The molecule has 1 heterocycles. The van der Waals surface area contributed by atoms with Gasteiger partial charge in [-0.3, -0.25) is 9.59 Å². The molecule has 0 aromatic rings. The number of carboxylic acid groups (broad SMARTS) is 1. The maximum atomic E-state index is 12.9. The molecule has 1 aliphatic heterocycles. The van der Waals surface area contributed by atoms with Crippen LogP contribution in [0, 0.1) is 5.41 Å². The van der Waals surface area contributed by atoms with Crippen LogP contribution in [-0.2, 0) is 9.59 Å². The fraction of sp³-hybridized carbons (Fsp3) is 0.818. The molecule has 8 heteroatoms. The summed E-state index contributed by atoms with van der Waals surface area (Å²) in [5.41, 5.74) is 1.93. The average Bonchev–Trinajstić information content (AvgIpc) is 2.58. The van der Waals surface area contributed by atoms with Crippen LogP contribution in [0.1, 0.15) is 26.7 Å². The topological polar surface area (TPSA) is 83.6 Å². The van der Waals surface area contributed by atoms with Crippen LogP contribution in [0.5, 0.6) is 0 Å². The molecule has 1 atom stereocenters. The molecule has 5 nitrogen and oxygen atoms in total. The number of hydrogen-bond donors (Lipinski definition) is 2. The molecule has 3 N–H and O–H groups in total. The molecule has 1 unspecified atom stereocenters. The Kier molecular flexibility index (Phi) is 3.86. The van der Waals surface area contributed by atoms with Gasteiger partial charge in [0.2, 0.25) is 5.91 Å². The maximum absolute atomic E-state index is 12.9. The molecule has 1 aliphatic rings. The standard InChI is InChI=1S/C11H17F3N2O3/c1-9(2,15)5-7(17)16-4-3-10(6-16,8(18)19)11(12,13)14/h3-6,15H2,1-2H3,(H,18,19). The molecule has 0 aromatic heterocycles. The molecule has 110 valence electrons. The lowest BCUT2D eigenvalue weighted by atomic mass is 9.86. The predicted octanol–water partition coefficient (Wildman–Crippen LogP) is 0.979. The van der Waals surface area contributed by atoms with E-state index >= 15 is 0 Å². The first-order chi connectivity index (χ1) is 8.39. The Hall–Kier alpha value is -1.31. The van der Waals surface area contributed by atoms with Gasteiger partial charge in [0.15, 0.2) is 5.41 Å². The number of nitrogens with two attached hydrogens (primary N) is 1. The summed E-state index contributed by atoms with van der Waals surface area (Å²) in [6, 6.07) is 0. The molecule has 1 rings (SSSR count).